The number of hydrogen-bond acceptors (Lipinski definition) is 4. The van der Waals surface area contributed by atoms with Crippen molar-refractivity contribution in [1.29, 1.82) is 0 Å². The first-order chi connectivity index (χ1) is 9.97. The van der Waals surface area contributed by atoms with E-state index in [1.54, 1.807) is 30.5 Å². The lowest BCUT2D eigenvalue weighted by atomic mass is 10.4. The monoisotopic (exact) mass is 345 g/mol. The molecule has 1 aromatic heterocycles. The second kappa shape index (κ2) is 7.09. The van der Waals surface area contributed by atoms with Gasteiger partial charge in [-0.3, -0.25) is 0 Å². The molecule has 0 radical (unpaired) electrons. The topological polar surface area (TPSA) is 71.1 Å². The maximum atomic E-state index is 12.0. The highest BCUT2D eigenvalue weighted by molar-refractivity contribution is 7.89. The van der Waals surface area contributed by atoms with Gasteiger partial charge in [-0.05, 0) is 30.3 Å². The number of nitrogens with zero attached hydrogens (tertiary/aromatic N) is 1. The summed E-state index contributed by atoms with van der Waals surface area (Å²) in [5.74, 6) is 0. The average molecular weight is 346 g/mol. The van der Waals surface area contributed by atoms with Gasteiger partial charge in [0.15, 0.2) is 0 Å². The molecule has 0 aliphatic rings. The van der Waals surface area contributed by atoms with E-state index in [-0.39, 0.29) is 11.4 Å². The number of aromatic nitrogens is 1. The Hall–Kier alpha value is -1.34. The molecule has 2 N–H and O–H groups in total. The third-order valence-corrected chi connectivity index (χ3v) is 4.48. The number of anilines is 1. The fourth-order valence-electron chi connectivity index (χ4n) is 1.62. The quantitative estimate of drug-likeness (QED) is 0.623. The van der Waals surface area contributed by atoms with Crippen LogP contribution in [0.1, 0.15) is 0 Å². The van der Waals surface area contributed by atoms with E-state index in [1.807, 2.05) is 0 Å². The van der Waals surface area contributed by atoms with E-state index in [2.05, 4.69) is 15.0 Å². The molecule has 8 heteroatoms. The van der Waals surface area contributed by atoms with Crippen molar-refractivity contribution in [2.45, 2.75) is 4.90 Å². The molecule has 0 spiro atoms. The fourth-order valence-corrected chi connectivity index (χ4v) is 3.13. The Bertz CT molecular complexity index is 723. The third kappa shape index (κ3) is 4.86. The summed E-state index contributed by atoms with van der Waals surface area (Å²) in [6.45, 7) is 0.648. The molecule has 2 aromatic rings. The Balaban J connectivity index is 1.88. The van der Waals surface area contributed by atoms with Gasteiger partial charge in [-0.15, -0.1) is 0 Å². The van der Waals surface area contributed by atoms with E-state index in [1.165, 1.54) is 12.1 Å². The van der Waals surface area contributed by atoms with Gasteiger partial charge in [0.05, 0.1) is 4.90 Å². The minimum atomic E-state index is -3.56. The molecule has 0 bridgehead atoms. The first-order valence-corrected chi connectivity index (χ1v) is 8.32. The lowest BCUT2D eigenvalue weighted by Crippen LogP contribution is -2.28. The standard InChI is InChI=1S/C13H13Cl2N3O2S/c14-10-2-1-3-12(8-10)21(19,20)18-7-6-16-11-4-5-17-13(15)9-11/h1-5,8-9,18H,6-7H2,(H,16,17). The van der Waals surface area contributed by atoms with Gasteiger partial charge in [0, 0.05) is 30.0 Å². The van der Waals surface area contributed by atoms with Gasteiger partial charge in [-0.2, -0.15) is 0 Å². The van der Waals surface area contributed by atoms with Crippen LogP contribution in [0.4, 0.5) is 5.69 Å². The minimum Gasteiger partial charge on any atom is -0.384 e. The van der Waals surface area contributed by atoms with Crippen LogP contribution in [0.3, 0.4) is 0 Å². The van der Waals surface area contributed by atoms with E-state index in [9.17, 15) is 8.42 Å². The molecule has 5 nitrogen and oxygen atoms in total. The van der Waals surface area contributed by atoms with Crippen LogP contribution >= 0.6 is 23.2 Å². The molecule has 112 valence electrons. The highest BCUT2D eigenvalue weighted by Gasteiger charge is 2.13. The normalized spacial score (nSPS) is 11.3. The van der Waals surface area contributed by atoms with Crippen molar-refractivity contribution < 1.29 is 8.42 Å². The molecule has 1 aromatic carbocycles. The lowest BCUT2D eigenvalue weighted by molar-refractivity contribution is 0.583. The molecule has 0 saturated heterocycles. The first kappa shape index (κ1) is 16.0. The van der Waals surface area contributed by atoms with Crippen LogP contribution < -0.4 is 10.0 Å². The number of halogens is 2. The SMILES string of the molecule is O=S(=O)(NCCNc1ccnc(Cl)c1)c1cccc(Cl)c1. The van der Waals surface area contributed by atoms with Crippen LogP contribution in [0.2, 0.25) is 10.2 Å². The number of pyridine rings is 1. The van der Waals surface area contributed by atoms with Crippen molar-refractivity contribution in [2.24, 2.45) is 0 Å². The molecule has 1 heterocycles. The van der Waals surface area contributed by atoms with Crippen LogP contribution in [0, 0.1) is 0 Å². The van der Waals surface area contributed by atoms with Crippen LogP contribution in [-0.4, -0.2) is 26.5 Å². The van der Waals surface area contributed by atoms with Crippen LogP contribution in [0.5, 0.6) is 0 Å². The van der Waals surface area contributed by atoms with Crippen molar-refractivity contribution in [3.05, 3.63) is 52.8 Å². The molecule has 0 amide bonds. The number of sulfonamides is 1. The van der Waals surface area contributed by atoms with E-state index in [4.69, 9.17) is 23.2 Å². The Morgan fingerprint density at radius 3 is 2.62 bits per heavy atom. The number of rotatable bonds is 6. The number of benzene rings is 1. The summed E-state index contributed by atoms with van der Waals surface area (Å²) in [5.41, 5.74) is 0.775. The zero-order valence-corrected chi connectivity index (χ0v) is 13.2. The van der Waals surface area contributed by atoms with Crippen molar-refractivity contribution in [3.63, 3.8) is 0 Å². The van der Waals surface area contributed by atoms with Crippen LogP contribution in [0.25, 0.3) is 0 Å². The maximum Gasteiger partial charge on any atom is 0.240 e. The highest BCUT2D eigenvalue weighted by atomic mass is 35.5. The molecule has 0 atom stereocenters. The molecule has 0 unspecified atom stereocenters. The maximum absolute atomic E-state index is 12.0. The summed E-state index contributed by atoms with van der Waals surface area (Å²) < 4.78 is 26.5. The number of hydrogen-bond donors (Lipinski definition) is 2. The average Bonchev–Trinajstić information content (AvgIpc) is 2.44. The predicted molar refractivity (Wildman–Crippen MR) is 84.4 cm³/mol. The van der Waals surface area contributed by atoms with Gasteiger partial charge in [-0.25, -0.2) is 18.1 Å². The van der Waals surface area contributed by atoms with Crippen molar-refractivity contribution >= 4 is 38.9 Å². The summed E-state index contributed by atoms with van der Waals surface area (Å²) in [7, 11) is -3.56. The molecule has 2 rings (SSSR count). The summed E-state index contributed by atoms with van der Waals surface area (Å²) in [4.78, 5) is 4.00. The lowest BCUT2D eigenvalue weighted by Gasteiger charge is -2.09. The molecule has 0 aliphatic carbocycles. The Morgan fingerprint density at radius 2 is 1.90 bits per heavy atom. The van der Waals surface area contributed by atoms with Crippen LogP contribution in [-0.2, 0) is 10.0 Å². The van der Waals surface area contributed by atoms with Gasteiger partial charge in [-0.1, -0.05) is 29.3 Å². The fraction of sp³-hybridized carbons (Fsp3) is 0.154. The smallest absolute Gasteiger partial charge is 0.240 e. The second-order valence-corrected chi connectivity index (χ2v) is 6.74. The van der Waals surface area contributed by atoms with Crippen molar-refractivity contribution in [2.75, 3.05) is 18.4 Å². The van der Waals surface area contributed by atoms with Gasteiger partial charge in [0.25, 0.3) is 0 Å². The van der Waals surface area contributed by atoms with Gasteiger partial charge in [0.1, 0.15) is 5.15 Å². The molecule has 0 saturated carbocycles. The van der Waals surface area contributed by atoms with Gasteiger partial charge in [0.2, 0.25) is 10.0 Å². The zero-order valence-electron chi connectivity index (χ0n) is 10.9. The molecular weight excluding hydrogens is 333 g/mol. The highest BCUT2D eigenvalue weighted by Crippen LogP contribution is 2.15. The van der Waals surface area contributed by atoms with Gasteiger partial charge >= 0.3 is 0 Å². The Morgan fingerprint density at radius 1 is 1.10 bits per heavy atom. The van der Waals surface area contributed by atoms with Crippen molar-refractivity contribution in [3.8, 4) is 0 Å². The molecule has 0 aliphatic heterocycles. The zero-order chi connectivity index (χ0) is 15.3. The molecular formula is C13H13Cl2N3O2S. The summed E-state index contributed by atoms with van der Waals surface area (Å²) in [5, 5.41) is 3.80. The van der Waals surface area contributed by atoms with E-state index < -0.39 is 10.0 Å². The van der Waals surface area contributed by atoms with E-state index in [0.29, 0.717) is 16.7 Å². The van der Waals surface area contributed by atoms with Crippen LogP contribution in [0.15, 0.2) is 47.5 Å². The Kier molecular flexibility index (Phi) is 5.41. The summed E-state index contributed by atoms with van der Waals surface area (Å²) in [6.07, 6.45) is 1.57. The number of nitrogens with one attached hydrogen (secondary N) is 2. The largest absolute Gasteiger partial charge is 0.384 e. The predicted octanol–water partition coefficient (Wildman–Crippen LogP) is 2.78. The van der Waals surface area contributed by atoms with Crippen molar-refractivity contribution in [1.82, 2.24) is 9.71 Å². The van der Waals surface area contributed by atoms with Gasteiger partial charge < -0.3 is 5.32 Å². The summed E-state index contributed by atoms with van der Waals surface area (Å²) >= 11 is 11.5. The third-order valence-electron chi connectivity index (χ3n) is 2.58. The van der Waals surface area contributed by atoms with E-state index in [0.717, 1.165) is 5.69 Å². The van der Waals surface area contributed by atoms with E-state index >= 15 is 0 Å². The molecule has 0 fully saturated rings. The molecule has 21 heavy (non-hydrogen) atoms. The second-order valence-electron chi connectivity index (χ2n) is 4.15. The Labute approximate surface area is 133 Å². The summed E-state index contributed by atoms with van der Waals surface area (Å²) in [6, 6.07) is 9.51. The minimum absolute atomic E-state index is 0.141. The first-order valence-electron chi connectivity index (χ1n) is 6.08.